The number of fused-ring (bicyclic) bond motifs is 2. The molecule has 5 heterocycles. The number of nitrogens with zero attached hydrogens (tertiary/aromatic N) is 5. The van der Waals surface area contributed by atoms with Crippen molar-refractivity contribution in [2.45, 2.75) is 78.2 Å². The third-order valence-electron chi connectivity index (χ3n) is 11.7. The molecule has 50 heavy (non-hydrogen) atoms. The molecule has 1 aliphatic carbocycles. The predicted molar refractivity (Wildman–Crippen MR) is 196 cm³/mol. The van der Waals surface area contributed by atoms with Crippen LogP contribution in [0.2, 0.25) is 0 Å². The maximum atomic E-state index is 13.7. The fourth-order valence-electron chi connectivity index (χ4n) is 8.65. The molecule has 2 aromatic carbocycles. The minimum absolute atomic E-state index is 0.0993. The van der Waals surface area contributed by atoms with E-state index in [-0.39, 0.29) is 17.7 Å². The number of benzene rings is 2. The second kappa shape index (κ2) is 13.0. The number of aromatic nitrogens is 3. The first-order chi connectivity index (χ1) is 24.1. The predicted octanol–water partition coefficient (Wildman–Crippen LogP) is 6.18. The van der Waals surface area contributed by atoms with E-state index in [1.807, 2.05) is 41.3 Å². The number of carbonyl (C=O) groups excluding carboxylic acids is 3. The largest absolute Gasteiger partial charge is 0.372 e. The Morgan fingerprint density at radius 2 is 1.66 bits per heavy atom. The van der Waals surface area contributed by atoms with Crippen LogP contribution in [0.25, 0.3) is 22.3 Å². The molecule has 0 saturated carbocycles. The standard InChI is InChI=1S/C40H49N7O3/c1-26-24-46(39(50)29-8-7-28-21-34(41-33(28)22-29)38-32-13-16-40(2,3)23-35(32)42-43-38)20-19-45(26)25-27-14-17-44(18-15-27)30-9-11-31(12-10-30)47-36(48)5-4-6-37(47)49/h7-12,21-22,26-27,41H,4-6,13-20,23-25H2,1-3H3,(H,42,43)/t26-/m1/s1. The summed E-state index contributed by atoms with van der Waals surface area (Å²) in [6.45, 7) is 12.3. The van der Waals surface area contributed by atoms with Crippen LogP contribution in [-0.2, 0) is 22.4 Å². The van der Waals surface area contributed by atoms with Crippen molar-refractivity contribution in [3.8, 4) is 11.4 Å². The molecule has 4 aromatic rings. The van der Waals surface area contributed by atoms with E-state index in [2.05, 4.69) is 52.8 Å². The molecule has 4 aliphatic rings. The molecule has 0 spiro atoms. The Hall–Kier alpha value is -4.44. The Bertz CT molecular complexity index is 1900. The lowest BCUT2D eigenvalue weighted by Gasteiger charge is -2.43. The van der Waals surface area contributed by atoms with E-state index in [1.54, 1.807) is 0 Å². The van der Waals surface area contributed by atoms with Crippen LogP contribution in [-0.4, -0.2) is 88.0 Å². The number of carbonyl (C=O) groups is 3. The van der Waals surface area contributed by atoms with Crippen molar-refractivity contribution in [1.82, 2.24) is 25.0 Å². The van der Waals surface area contributed by atoms with Crippen molar-refractivity contribution in [2.24, 2.45) is 11.3 Å². The Balaban J connectivity index is 0.844. The maximum Gasteiger partial charge on any atom is 0.254 e. The normalized spacial score (nSPS) is 22.0. The van der Waals surface area contributed by atoms with Crippen LogP contribution in [0.4, 0.5) is 11.4 Å². The number of rotatable bonds is 6. The van der Waals surface area contributed by atoms with Gasteiger partial charge in [0.25, 0.3) is 5.91 Å². The molecule has 2 N–H and O–H groups in total. The summed E-state index contributed by atoms with van der Waals surface area (Å²) >= 11 is 0. The molecule has 1 atom stereocenters. The highest BCUT2D eigenvalue weighted by Crippen LogP contribution is 2.38. The smallest absolute Gasteiger partial charge is 0.254 e. The van der Waals surface area contributed by atoms with Gasteiger partial charge in [0.15, 0.2) is 0 Å². The number of anilines is 2. The van der Waals surface area contributed by atoms with Crippen molar-refractivity contribution in [3.63, 3.8) is 0 Å². The zero-order valence-electron chi connectivity index (χ0n) is 29.6. The van der Waals surface area contributed by atoms with E-state index in [9.17, 15) is 14.4 Å². The summed E-state index contributed by atoms with van der Waals surface area (Å²) < 4.78 is 0. The first-order valence-electron chi connectivity index (χ1n) is 18.6. The summed E-state index contributed by atoms with van der Waals surface area (Å²) in [5.41, 5.74) is 8.41. The maximum absolute atomic E-state index is 13.7. The van der Waals surface area contributed by atoms with Crippen molar-refractivity contribution >= 4 is 40.0 Å². The lowest BCUT2D eigenvalue weighted by molar-refractivity contribution is -0.129. The summed E-state index contributed by atoms with van der Waals surface area (Å²) in [6.07, 6.45) is 6.95. The SMILES string of the molecule is C[C@@H]1CN(C(=O)c2ccc3cc(-c4n[nH]c5c4CCC(C)(C)C5)[nH]c3c2)CCN1CC1CCN(c2ccc(N3C(=O)CCCC3=O)cc2)CC1. The summed E-state index contributed by atoms with van der Waals surface area (Å²) in [4.78, 5) is 50.3. The van der Waals surface area contributed by atoms with Gasteiger partial charge >= 0.3 is 0 Å². The number of aromatic amines is 2. The topological polar surface area (TPSA) is 109 Å². The van der Waals surface area contributed by atoms with Gasteiger partial charge in [0.2, 0.25) is 11.8 Å². The summed E-state index contributed by atoms with van der Waals surface area (Å²) in [5.74, 6) is 0.515. The molecule has 262 valence electrons. The average molecular weight is 676 g/mol. The molecule has 3 aliphatic heterocycles. The second-order valence-corrected chi connectivity index (χ2v) is 15.9. The van der Waals surface area contributed by atoms with Crippen LogP contribution in [0.5, 0.6) is 0 Å². The molecular formula is C40H49N7O3. The number of imide groups is 1. The number of H-pyrrole nitrogens is 2. The highest BCUT2D eigenvalue weighted by molar-refractivity contribution is 6.16. The van der Waals surface area contributed by atoms with E-state index in [4.69, 9.17) is 5.10 Å². The molecule has 3 amide bonds. The van der Waals surface area contributed by atoms with Crippen molar-refractivity contribution in [2.75, 3.05) is 49.1 Å². The third-order valence-corrected chi connectivity index (χ3v) is 11.7. The van der Waals surface area contributed by atoms with Gasteiger partial charge in [-0.1, -0.05) is 19.9 Å². The number of piperidine rings is 2. The van der Waals surface area contributed by atoms with Crippen LogP contribution in [0.3, 0.4) is 0 Å². The fourth-order valence-corrected chi connectivity index (χ4v) is 8.65. The first-order valence-corrected chi connectivity index (χ1v) is 18.6. The van der Waals surface area contributed by atoms with Gasteiger partial charge in [-0.25, -0.2) is 0 Å². The fraction of sp³-hybridized carbons (Fsp3) is 0.500. The second-order valence-electron chi connectivity index (χ2n) is 15.9. The Labute approximate surface area is 294 Å². The number of amides is 3. The monoisotopic (exact) mass is 675 g/mol. The van der Waals surface area contributed by atoms with Gasteiger partial charge in [-0.2, -0.15) is 5.10 Å². The van der Waals surface area contributed by atoms with Gasteiger partial charge in [0.05, 0.1) is 11.4 Å². The van der Waals surface area contributed by atoms with Gasteiger partial charge in [0.1, 0.15) is 5.69 Å². The Morgan fingerprint density at radius 3 is 2.40 bits per heavy atom. The van der Waals surface area contributed by atoms with Crippen LogP contribution in [0.1, 0.15) is 80.9 Å². The van der Waals surface area contributed by atoms with Gasteiger partial charge in [-0.3, -0.25) is 29.3 Å². The molecule has 3 saturated heterocycles. The minimum atomic E-state index is -0.102. The zero-order valence-corrected chi connectivity index (χ0v) is 29.6. The van der Waals surface area contributed by atoms with Crippen LogP contribution in [0, 0.1) is 11.3 Å². The molecule has 3 fully saturated rings. The summed E-state index contributed by atoms with van der Waals surface area (Å²) in [6, 6.07) is 16.4. The highest BCUT2D eigenvalue weighted by Gasteiger charge is 2.32. The number of hydrogen-bond donors (Lipinski definition) is 2. The van der Waals surface area contributed by atoms with Gasteiger partial charge in [-0.15, -0.1) is 0 Å². The molecule has 8 rings (SSSR count). The van der Waals surface area contributed by atoms with Crippen LogP contribution < -0.4 is 9.80 Å². The molecule has 0 bridgehead atoms. The molecular weight excluding hydrogens is 626 g/mol. The summed E-state index contributed by atoms with van der Waals surface area (Å²) in [5, 5.41) is 9.09. The highest BCUT2D eigenvalue weighted by atomic mass is 16.2. The number of piperazine rings is 1. The van der Waals surface area contributed by atoms with E-state index >= 15 is 0 Å². The molecule has 10 heteroatoms. The van der Waals surface area contributed by atoms with Crippen LogP contribution in [0.15, 0.2) is 48.5 Å². The third kappa shape index (κ3) is 6.34. The van der Waals surface area contributed by atoms with Crippen LogP contribution >= 0.6 is 0 Å². The van der Waals surface area contributed by atoms with E-state index in [0.717, 1.165) is 105 Å². The zero-order chi connectivity index (χ0) is 34.6. The van der Waals surface area contributed by atoms with Gasteiger partial charge < -0.3 is 14.8 Å². The first kappa shape index (κ1) is 32.7. The number of nitrogens with one attached hydrogen (secondary N) is 2. The average Bonchev–Trinajstić information content (AvgIpc) is 3.72. The van der Waals surface area contributed by atoms with E-state index in [1.165, 1.54) is 16.2 Å². The molecule has 2 aromatic heterocycles. The van der Waals surface area contributed by atoms with E-state index < -0.39 is 0 Å². The van der Waals surface area contributed by atoms with Gasteiger partial charge in [-0.05, 0) is 99.2 Å². The lowest BCUT2D eigenvalue weighted by atomic mass is 9.76. The van der Waals surface area contributed by atoms with Crippen molar-refractivity contribution < 1.29 is 14.4 Å². The summed E-state index contributed by atoms with van der Waals surface area (Å²) in [7, 11) is 0. The molecule has 0 unspecified atom stereocenters. The molecule has 0 radical (unpaired) electrons. The quantitative estimate of drug-likeness (QED) is 0.237. The van der Waals surface area contributed by atoms with Crippen molar-refractivity contribution in [3.05, 3.63) is 65.4 Å². The van der Waals surface area contributed by atoms with Crippen molar-refractivity contribution in [1.29, 1.82) is 0 Å². The minimum Gasteiger partial charge on any atom is -0.372 e. The number of hydrogen-bond acceptors (Lipinski definition) is 6. The molecule has 10 nitrogen and oxygen atoms in total. The Morgan fingerprint density at radius 1 is 0.920 bits per heavy atom. The Kier molecular flexibility index (Phi) is 8.53. The van der Waals surface area contributed by atoms with Gasteiger partial charge in [0, 0.05) is 91.6 Å². The van der Waals surface area contributed by atoms with E-state index in [0.29, 0.717) is 42.3 Å². The lowest BCUT2D eigenvalue weighted by Crippen LogP contribution is -2.55.